The molecule has 0 aliphatic heterocycles. The lowest BCUT2D eigenvalue weighted by Gasteiger charge is -2.17. The molecule has 0 spiro atoms. The molecule has 4 rings (SSSR count). The van der Waals surface area contributed by atoms with Gasteiger partial charge in [-0.1, -0.05) is 6.92 Å². The molecule has 0 saturated carbocycles. The van der Waals surface area contributed by atoms with Crippen molar-refractivity contribution in [2.45, 2.75) is 32.9 Å². The van der Waals surface area contributed by atoms with Crippen molar-refractivity contribution in [3.05, 3.63) is 60.6 Å². The Morgan fingerprint density at radius 2 is 1.96 bits per heavy atom. The van der Waals surface area contributed by atoms with Crippen LogP contribution < -0.4 is 5.32 Å². The van der Waals surface area contributed by atoms with Crippen LogP contribution in [0.4, 0.5) is 10.2 Å². The quantitative estimate of drug-likeness (QED) is 0.564. The molecule has 4 aromatic rings. The molecule has 0 radical (unpaired) electrons. The summed E-state index contributed by atoms with van der Waals surface area (Å²) in [5, 5.41) is 12.1. The van der Waals surface area contributed by atoms with Gasteiger partial charge in [0.05, 0.1) is 17.9 Å². The van der Waals surface area contributed by atoms with Gasteiger partial charge in [-0.3, -0.25) is 0 Å². The highest BCUT2D eigenvalue weighted by atomic mass is 19.1. The first-order valence-corrected chi connectivity index (χ1v) is 8.90. The lowest BCUT2D eigenvalue weighted by Crippen LogP contribution is -2.16. The number of nitrogens with zero attached hydrogens (tertiary/aromatic N) is 6. The van der Waals surface area contributed by atoms with E-state index in [4.69, 9.17) is 0 Å². The maximum Gasteiger partial charge on any atom is 0.157 e. The molecule has 0 fully saturated rings. The first kappa shape index (κ1) is 17.1. The number of hydrogen-bond acceptors (Lipinski definition) is 5. The zero-order chi connectivity index (χ0) is 18.8. The van der Waals surface area contributed by atoms with E-state index in [1.54, 1.807) is 29.2 Å². The van der Waals surface area contributed by atoms with Crippen LogP contribution in [0.3, 0.4) is 0 Å². The number of benzene rings is 1. The van der Waals surface area contributed by atoms with Gasteiger partial charge in [-0.15, -0.1) is 0 Å². The minimum Gasteiger partial charge on any atom is -0.360 e. The van der Waals surface area contributed by atoms with Crippen molar-refractivity contribution in [1.82, 2.24) is 29.4 Å². The molecule has 1 atom stereocenters. The Hall–Kier alpha value is -3.29. The fourth-order valence-electron chi connectivity index (χ4n) is 3.06. The van der Waals surface area contributed by atoms with E-state index >= 15 is 0 Å². The largest absolute Gasteiger partial charge is 0.360 e. The van der Waals surface area contributed by atoms with Crippen molar-refractivity contribution in [2.75, 3.05) is 5.32 Å². The Morgan fingerprint density at radius 3 is 2.74 bits per heavy atom. The second-order valence-electron chi connectivity index (χ2n) is 6.34. The van der Waals surface area contributed by atoms with Gasteiger partial charge in [0.1, 0.15) is 23.8 Å². The molecule has 1 aromatic carbocycles. The van der Waals surface area contributed by atoms with Crippen LogP contribution in [-0.4, -0.2) is 29.4 Å². The number of rotatable bonds is 6. The van der Waals surface area contributed by atoms with Crippen LogP contribution >= 0.6 is 0 Å². The summed E-state index contributed by atoms with van der Waals surface area (Å²) in [5.41, 5.74) is 2.29. The van der Waals surface area contributed by atoms with Gasteiger partial charge in [-0.2, -0.15) is 14.7 Å². The fraction of sp³-hybridized carbons (Fsp3) is 0.263. The van der Waals surface area contributed by atoms with Crippen LogP contribution in [0.2, 0.25) is 0 Å². The average Bonchev–Trinajstić information content (AvgIpc) is 3.32. The summed E-state index contributed by atoms with van der Waals surface area (Å²) in [6, 6.07) is 9.97. The minimum absolute atomic E-state index is 0.0742. The van der Waals surface area contributed by atoms with Crippen molar-refractivity contribution < 1.29 is 4.39 Å². The van der Waals surface area contributed by atoms with Crippen molar-refractivity contribution in [2.24, 2.45) is 0 Å². The van der Waals surface area contributed by atoms with E-state index in [0.29, 0.717) is 5.65 Å². The van der Waals surface area contributed by atoms with Crippen LogP contribution in [-0.2, 0) is 6.54 Å². The predicted octanol–water partition coefficient (Wildman–Crippen LogP) is 3.71. The SMILES string of the molecule is CCCn1ncnc1C(C)Nc1cc(-c2ccc(F)cc2)nc2ccnn12. The molecule has 138 valence electrons. The van der Waals surface area contributed by atoms with Gasteiger partial charge in [-0.25, -0.2) is 19.0 Å². The number of aryl methyl sites for hydroxylation is 1. The second kappa shape index (κ2) is 7.14. The summed E-state index contributed by atoms with van der Waals surface area (Å²) >= 11 is 0. The summed E-state index contributed by atoms with van der Waals surface area (Å²) in [6.45, 7) is 4.95. The predicted molar refractivity (Wildman–Crippen MR) is 101 cm³/mol. The lowest BCUT2D eigenvalue weighted by molar-refractivity contribution is 0.553. The van der Waals surface area contributed by atoms with Crippen LogP contribution in [0.25, 0.3) is 16.9 Å². The maximum atomic E-state index is 13.3. The molecule has 8 heteroatoms. The second-order valence-corrected chi connectivity index (χ2v) is 6.34. The first-order chi connectivity index (χ1) is 13.2. The molecule has 0 aliphatic carbocycles. The number of nitrogens with one attached hydrogen (secondary N) is 1. The van der Waals surface area contributed by atoms with E-state index in [1.165, 1.54) is 12.1 Å². The molecule has 0 amide bonds. The number of halogens is 1. The van der Waals surface area contributed by atoms with E-state index < -0.39 is 0 Å². The molecule has 3 aromatic heterocycles. The third-order valence-electron chi connectivity index (χ3n) is 4.33. The molecular weight excluding hydrogens is 345 g/mol. The molecule has 27 heavy (non-hydrogen) atoms. The molecule has 3 heterocycles. The number of anilines is 1. The van der Waals surface area contributed by atoms with Gasteiger partial charge < -0.3 is 5.32 Å². The summed E-state index contributed by atoms with van der Waals surface area (Å²) in [5.74, 6) is 1.37. The highest BCUT2D eigenvalue weighted by Gasteiger charge is 2.16. The number of aromatic nitrogens is 6. The summed E-state index contributed by atoms with van der Waals surface area (Å²) < 4.78 is 16.9. The van der Waals surface area contributed by atoms with E-state index in [9.17, 15) is 4.39 Å². The minimum atomic E-state index is -0.272. The van der Waals surface area contributed by atoms with Gasteiger partial charge in [-0.05, 0) is 37.6 Å². The zero-order valence-electron chi connectivity index (χ0n) is 15.2. The van der Waals surface area contributed by atoms with Gasteiger partial charge in [0.2, 0.25) is 0 Å². The van der Waals surface area contributed by atoms with Crippen LogP contribution in [0.15, 0.2) is 48.9 Å². The normalized spacial score (nSPS) is 12.4. The standard InChI is InChI=1S/C19H20FN7/c1-3-10-26-19(21-12-23-26)13(2)24-18-11-16(14-4-6-15(20)7-5-14)25-17-8-9-22-27(17)18/h4-9,11-13,24H,3,10H2,1-2H3. The lowest BCUT2D eigenvalue weighted by atomic mass is 10.1. The Bertz CT molecular complexity index is 1050. The van der Waals surface area contributed by atoms with Crippen molar-refractivity contribution in [3.8, 4) is 11.3 Å². The van der Waals surface area contributed by atoms with Gasteiger partial charge in [0.25, 0.3) is 0 Å². The summed E-state index contributed by atoms with van der Waals surface area (Å²) in [4.78, 5) is 9.01. The highest BCUT2D eigenvalue weighted by Crippen LogP contribution is 2.25. The van der Waals surface area contributed by atoms with Crippen molar-refractivity contribution >= 4 is 11.5 Å². The molecular formula is C19H20FN7. The van der Waals surface area contributed by atoms with E-state index in [2.05, 4.69) is 32.4 Å². The molecule has 0 saturated heterocycles. The van der Waals surface area contributed by atoms with E-state index in [1.807, 2.05) is 23.7 Å². The molecule has 0 aliphatic rings. The first-order valence-electron chi connectivity index (χ1n) is 8.90. The molecule has 7 nitrogen and oxygen atoms in total. The molecule has 0 bridgehead atoms. The van der Waals surface area contributed by atoms with Gasteiger partial charge in [0, 0.05) is 24.2 Å². The average molecular weight is 365 g/mol. The number of fused-ring (bicyclic) bond motifs is 1. The summed E-state index contributed by atoms with van der Waals surface area (Å²) in [6.07, 6.45) is 4.26. The van der Waals surface area contributed by atoms with Gasteiger partial charge in [0.15, 0.2) is 5.65 Å². The smallest absolute Gasteiger partial charge is 0.157 e. The van der Waals surface area contributed by atoms with Crippen molar-refractivity contribution in [3.63, 3.8) is 0 Å². The molecule has 1 unspecified atom stereocenters. The van der Waals surface area contributed by atoms with E-state index in [0.717, 1.165) is 35.9 Å². The topological polar surface area (TPSA) is 72.9 Å². The fourth-order valence-corrected chi connectivity index (χ4v) is 3.06. The maximum absolute atomic E-state index is 13.3. The highest BCUT2D eigenvalue weighted by molar-refractivity contribution is 5.66. The Kier molecular flexibility index (Phi) is 4.53. The van der Waals surface area contributed by atoms with Crippen LogP contribution in [0.5, 0.6) is 0 Å². The van der Waals surface area contributed by atoms with Crippen LogP contribution in [0.1, 0.15) is 32.1 Å². The third kappa shape index (κ3) is 3.38. The third-order valence-corrected chi connectivity index (χ3v) is 4.33. The Labute approximate surface area is 155 Å². The van der Waals surface area contributed by atoms with Crippen molar-refractivity contribution in [1.29, 1.82) is 0 Å². The zero-order valence-corrected chi connectivity index (χ0v) is 15.2. The Morgan fingerprint density at radius 1 is 1.15 bits per heavy atom. The van der Waals surface area contributed by atoms with Gasteiger partial charge >= 0.3 is 0 Å². The molecule has 1 N–H and O–H groups in total. The number of hydrogen-bond donors (Lipinski definition) is 1. The monoisotopic (exact) mass is 365 g/mol. The van der Waals surface area contributed by atoms with Crippen LogP contribution in [0, 0.1) is 5.82 Å². The van der Waals surface area contributed by atoms with E-state index in [-0.39, 0.29) is 11.9 Å². The summed E-state index contributed by atoms with van der Waals surface area (Å²) in [7, 11) is 0. The Balaban J connectivity index is 1.71.